The van der Waals surface area contributed by atoms with Gasteiger partial charge in [-0.3, -0.25) is 9.79 Å². The number of esters is 1. The van der Waals surface area contributed by atoms with Gasteiger partial charge in [0, 0.05) is 36.6 Å². The molecule has 144 valence electrons. The van der Waals surface area contributed by atoms with Crippen LogP contribution in [0, 0.1) is 5.92 Å². The molecule has 0 saturated carbocycles. The molecule has 1 saturated heterocycles. The van der Waals surface area contributed by atoms with E-state index in [4.69, 9.17) is 4.74 Å². The van der Waals surface area contributed by atoms with Gasteiger partial charge in [-0.05, 0) is 37.5 Å². The van der Waals surface area contributed by atoms with Crippen LogP contribution in [0.15, 0.2) is 33.7 Å². The molecule has 1 aromatic rings. The number of carbonyl (C=O) groups is 1. The number of ether oxygens (including phenoxy) is 1. The first-order chi connectivity index (χ1) is 12.4. The Bertz CT molecular complexity index is 638. The molecule has 0 unspecified atom stereocenters. The summed E-state index contributed by atoms with van der Waals surface area (Å²) in [6.45, 7) is 9.18. The minimum Gasteiger partial charge on any atom is -0.466 e. The van der Waals surface area contributed by atoms with Crippen molar-refractivity contribution in [2.45, 2.75) is 39.0 Å². The Labute approximate surface area is 165 Å². The Kier molecular flexibility index (Phi) is 7.50. The van der Waals surface area contributed by atoms with Crippen LogP contribution in [0.2, 0.25) is 0 Å². The number of nitrogens with one attached hydrogen (secondary N) is 1. The number of carbonyl (C=O) groups excluding carboxylic acids is 1. The number of piperidine rings is 1. The average Bonchev–Trinajstić information content (AvgIpc) is 2.63. The second kappa shape index (κ2) is 9.40. The minimum atomic E-state index is -0.0640. The van der Waals surface area contributed by atoms with Crippen molar-refractivity contribution in [1.29, 1.82) is 0 Å². The number of likely N-dealkylation sites (tertiary alicyclic amines) is 1. The smallest absolute Gasteiger partial charge is 0.309 e. The summed E-state index contributed by atoms with van der Waals surface area (Å²) in [5.41, 5.74) is 1.25. The molecule has 0 atom stereocenters. The van der Waals surface area contributed by atoms with Crippen LogP contribution in [0.25, 0.3) is 0 Å². The van der Waals surface area contributed by atoms with Gasteiger partial charge < -0.3 is 15.0 Å². The summed E-state index contributed by atoms with van der Waals surface area (Å²) in [6, 6.07) is 8.42. The zero-order valence-electron chi connectivity index (χ0n) is 16.2. The predicted octanol–water partition coefficient (Wildman–Crippen LogP) is 3.58. The summed E-state index contributed by atoms with van der Waals surface area (Å²) in [7, 11) is 1.81. The fraction of sp³-hybridized carbons (Fsp3) is 0.600. The SMILES string of the molecule is CCOC(=O)C1CCN(C(=NC)NCC(C)(C)c2cccc(Br)c2)CC1. The van der Waals surface area contributed by atoms with Crippen molar-refractivity contribution in [2.75, 3.05) is 33.3 Å². The van der Waals surface area contributed by atoms with Crippen molar-refractivity contribution in [3.63, 3.8) is 0 Å². The fourth-order valence-corrected chi connectivity index (χ4v) is 3.63. The first kappa shape index (κ1) is 20.7. The molecule has 1 heterocycles. The van der Waals surface area contributed by atoms with Gasteiger partial charge in [0.15, 0.2) is 5.96 Å². The summed E-state index contributed by atoms with van der Waals surface area (Å²) >= 11 is 3.55. The van der Waals surface area contributed by atoms with Gasteiger partial charge in [-0.25, -0.2) is 0 Å². The molecule has 1 fully saturated rings. The zero-order chi connectivity index (χ0) is 19.2. The molecular formula is C20H30BrN3O2. The van der Waals surface area contributed by atoms with E-state index in [1.807, 2.05) is 20.0 Å². The lowest BCUT2D eigenvalue weighted by Gasteiger charge is -2.35. The second-order valence-corrected chi connectivity index (χ2v) is 8.22. The normalized spacial score (nSPS) is 16.5. The van der Waals surface area contributed by atoms with Crippen LogP contribution < -0.4 is 5.32 Å². The molecule has 1 aromatic carbocycles. The maximum Gasteiger partial charge on any atom is 0.309 e. The lowest BCUT2D eigenvalue weighted by molar-refractivity contribution is -0.149. The summed E-state index contributed by atoms with van der Waals surface area (Å²) in [6.07, 6.45) is 1.63. The number of halogens is 1. The molecule has 26 heavy (non-hydrogen) atoms. The second-order valence-electron chi connectivity index (χ2n) is 7.31. The van der Waals surface area contributed by atoms with E-state index in [-0.39, 0.29) is 17.3 Å². The Morgan fingerprint density at radius 3 is 2.65 bits per heavy atom. The van der Waals surface area contributed by atoms with Crippen molar-refractivity contribution >= 4 is 27.9 Å². The Morgan fingerprint density at radius 2 is 2.08 bits per heavy atom. The van der Waals surface area contributed by atoms with E-state index in [0.717, 1.165) is 42.9 Å². The molecule has 1 N–H and O–H groups in total. The molecule has 0 bridgehead atoms. The van der Waals surface area contributed by atoms with Gasteiger partial charge in [0.05, 0.1) is 12.5 Å². The number of hydrogen-bond acceptors (Lipinski definition) is 3. The van der Waals surface area contributed by atoms with Crippen LogP contribution in [0.4, 0.5) is 0 Å². The lowest BCUT2D eigenvalue weighted by atomic mass is 9.84. The maximum absolute atomic E-state index is 11.9. The van der Waals surface area contributed by atoms with Gasteiger partial charge in [0.1, 0.15) is 0 Å². The van der Waals surface area contributed by atoms with Crippen LogP contribution in [-0.4, -0.2) is 50.1 Å². The highest BCUT2D eigenvalue weighted by molar-refractivity contribution is 9.10. The maximum atomic E-state index is 11.9. The van der Waals surface area contributed by atoms with Gasteiger partial charge in [-0.2, -0.15) is 0 Å². The molecule has 1 aliphatic rings. The molecular weight excluding hydrogens is 394 g/mol. The third-order valence-corrected chi connectivity index (χ3v) is 5.41. The van der Waals surface area contributed by atoms with E-state index in [0.29, 0.717) is 6.61 Å². The number of nitrogens with zero attached hydrogens (tertiary/aromatic N) is 2. The van der Waals surface area contributed by atoms with Crippen LogP contribution in [0.5, 0.6) is 0 Å². The number of hydrogen-bond donors (Lipinski definition) is 1. The number of benzene rings is 1. The highest BCUT2D eigenvalue weighted by Crippen LogP contribution is 2.25. The van der Waals surface area contributed by atoms with Crippen molar-refractivity contribution in [3.05, 3.63) is 34.3 Å². The zero-order valence-corrected chi connectivity index (χ0v) is 17.8. The highest BCUT2D eigenvalue weighted by Gasteiger charge is 2.28. The quantitative estimate of drug-likeness (QED) is 0.446. The Balaban J connectivity index is 1.91. The van der Waals surface area contributed by atoms with E-state index >= 15 is 0 Å². The number of rotatable bonds is 5. The molecule has 0 spiro atoms. The molecule has 0 amide bonds. The molecule has 1 aliphatic heterocycles. The Hall–Kier alpha value is -1.56. The molecule has 0 aliphatic carbocycles. The largest absolute Gasteiger partial charge is 0.466 e. The average molecular weight is 424 g/mol. The van der Waals surface area contributed by atoms with Crippen molar-refractivity contribution in [2.24, 2.45) is 10.9 Å². The van der Waals surface area contributed by atoms with E-state index in [2.05, 4.69) is 63.2 Å². The summed E-state index contributed by atoms with van der Waals surface area (Å²) < 4.78 is 6.24. The van der Waals surface area contributed by atoms with Crippen LogP contribution >= 0.6 is 15.9 Å². The van der Waals surface area contributed by atoms with Crippen molar-refractivity contribution in [3.8, 4) is 0 Å². The van der Waals surface area contributed by atoms with E-state index < -0.39 is 0 Å². The van der Waals surface area contributed by atoms with E-state index in [9.17, 15) is 4.79 Å². The van der Waals surface area contributed by atoms with Crippen LogP contribution in [0.3, 0.4) is 0 Å². The van der Waals surface area contributed by atoms with Crippen molar-refractivity contribution in [1.82, 2.24) is 10.2 Å². The summed E-state index contributed by atoms with van der Waals surface area (Å²) in [4.78, 5) is 18.6. The van der Waals surface area contributed by atoms with Crippen LogP contribution in [-0.2, 0) is 14.9 Å². The molecule has 5 nitrogen and oxygen atoms in total. The first-order valence-electron chi connectivity index (χ1n) is 9.25. The third kappa shape index (κ3) is 5.47. The van der Waals surface area contributed by atoms with Gasteiger partial charge in [-0.15, -0.1) is 0 Å². The van der Waals surface area contributed by atoms with Gasteiger partial charge in [0.2, 0.25) is 0 Å². The monoisotopic (exact) mass is 423 g/mol. The molecule has 0 radical (unpaired) electrons. The number of guanidine groups is 1. The highest BCUT2D eigenvalue weighted by atomic mass is 79.9. The van der Waals surface area contributed by atoms with E-state index in [1.54, 1.807) is 0 Å². The predicted molar refractivity (Wildman–Crippen MR) is 109 cm³/mol. The summed E-state index contributed by atoms with van der Waals surface area (Å²) in [5.74, 6) is 0.851. The van der Waals surface area contributed by atoms with Crippen molar-refractivity contribution < 1.29 is 9.53 Å². The molecule has 6 heteroatoms. The third-order valence-electron chi connectivity index (χ3n) is 4.92. The summed E-state index contributed by atoms with van der Waals surface area (Å²) in [5, 5.41) is 3.51. The lowest BCUT2D eigenvalue weighted by Crippen LogP contribution is -2.49. The molecule has 2 rings (SSSR count). The minimum absolute atomic E-state index is 0.0161. The fourth-order valence-electron chi connectivity index (χ4n) is 3.23. The van der Waals surface area contributed by atoms with Gasteiger partial charge in [0.25, 0.3) is 0 Å². The Morgan fingerprint density at radius 1 is 1.38 bits per heavy atom. The topological polar surface area (TPSA) is 53.9 Å². The standard InChI is InChI=1S/C20H30BrN3O2/c1-5-26-18(25)15-9-11-24(12-10-15)19(22-4)23-14-20(2,3)16-7-6-8-17(21)13-16/h6-8,13,15H,5,9-12,14H2,1-4H3,(H,22,23). The molecule has 0 aromatic heterocycles. The first-order valence-corrected chi connectivity index (χ1v) is 10.0. The van der Waals surface area contributed by atoms with E-state index in [1.165, 1.54) is 5.56 Å². The van der Waals surface area contributed by atoms with Crippen LogP contribution in [0.1, 0.15) is 39.2 Å². The number of aliphatic imine (C=N–C) groups is 1. The van der Waals surface area contributed by atoms with Gasteiger partial charge in [-0.1, -0.05) is 41.9 Å². The van der Waals surface area contributed by atoms with Gasteiger partial charge >= 0.3 is 5.97 Å².